The molecule has 2 aromatic rings. The van der Waals surface area contributed by atoms with Gasteiger partial charge in [0.05, 0.1) is 6.61 Å². The van der Waals surface area contributed by atoms with Gasteiger partial charge in [-0.2, -0.15) is 0 Å². The Hall–Kier alpha value is -2.86. The molecule has 0 aromatic heterocycles. The highest BCUT2D eigenvalue weighted by atomic mass is 16.5. The zero-order valence-corrected chi connectivity index (χ0v) is 13.5. The summed E-state index contributed by atoms with van der Waals surface area (Å²) in [7, 11) is 0. The minimum Gasteiger partial charge on any atom is -0.491 e. The molecule has 24 heavy (non-hydrogen) atoms. The Bertz CT molecular complexity index is 674. The molecule has 0 heterocycles. The Morgan fingerprint density at radius 3 is 2.25 bits per heavy atom. The van der Waals surface area contributed by atoms with E-state index in [-0.39, 0.29) is 5.91 Å². The Balaban J connectivity index is 1.87. The maximum Gasteiger partial charge on any atom is 0.269 e. The van der Waals surface area contributed by atoms with Crippen molar-refractivity contribution in [2.45, 2.75) is 6.92 Å². The van der Waals surface area contributed by atoms with E-state index in [1.165, 1.54) is 0 Å². The molecule has 0 bridgehead atoms. The Morgan fingerprint density at radius 2 is 1.54 bits per heavy atom. The van der Waals surface area contributed by atoms with Crippen molar-refractivity contribution in [2.24, 2.45) is 0 Å². The molecule has 0 aliphatic rings. The number of ether oxygens (including phenoxy) is 2. The first kappa shape index (κ1) is 17.5. The number of hydrazine groups is 1. The van der Waals surface area contributed by atoms with Crippen LogP contribution in [0, 0.1) is 0 Å². The fraction of sp³-hybridized carbons (Fsp3) is 0.222. The molecule has 0 fully saturated rings. The summed E-state index contributed by atoms with van der Waals surface area (Å²) < 4.78 is 10.7. The molecule has 2 amide bonds. The van der Waals surface area contributed by atoms with Crippen LogP contribution >= 0.6 is 0 Å². The number of hydrogen-bond acceptors (Lipinski definition) is 4. The first-order valence-corrected chi connectivity index (χ1v) is 7.67. The molecule has 0 saturated heterocycles. The molecule has 6 nitrogen and oxygen atoms in total. The fourth-order valence-corrected chi connectivity index (χ4v) is 1.94. The summed E-state index contributed by atoms with van der Waals surface area (Å²) in [5, 5.41) is 0. The third-order valence-electron chi connectivity index (χ3n) is 3.12. The smallest absolute Gasteiger partial charge is 0.269 e. The molecule has 0 atom stereocenters. The lowest BCUT2D eigenvalue weighted by molar-refractivity contribution is 0.0846. The lowest BCUT2D eigenvalue weighted by atomic mass is 10.2. The maximum absolute atomic E-state index is 12.1. The van der Waals surface area contributed by atoms with E-state index in [2.05, 4.69) is 10.9 Å². The average molecular weight is 328 g/mol. The van der Waals surface area contributed by atoms with Gasteiger partial charge in [-0.15, -0.1) is 0 Å². The van der Waals surface area contributed by atoms with Crippen molar-refractivity contribution in [3.63, 3.8) is 0 Å². The number of carbonyl (C=O) groups is 2. The summed E-state index contributed by atoms with van der Waals surface area (Å²) in [5.74, 6) is -0.237. The first-order valence-electron chi connectivity index (χ1n) is 7.67. The van der Waals surface area contributed by atoms with Crippen LogP contribution in [0.5, 0.6) is 5.75 Å². The minimum atomic E-state index is -0.422. The lowest BCUT2D eigenvalue weighted by Gasteiger charge is -2.09. The molecule has 126 valence electrons. The second-order valence-electron chi connectivity index (χ2n) is 4.85. The number of nitrogens with one attached hydrogen (secondary N) is 2. The topological polar surface area (TPSA) is 76.7 Å². The van der Waals surface area contributed by atoms with Gasteiger partial charge < -0.3 is 9.47 Å². The fourth-order valence-electron chi connectivity index (χ4n) is 1.94. The normalized spacial score (nSPS) is 10.0. The summed E-state index contributed by atoms with van der Waals surface area (Å²) in [4.78, 5) is 24.0. The van der Waals surface area contributed by atoms with Crippen LogP contribution < -0.4 is 15.6 Å². The summed E-state index contributed by atoms with van der Waals surface area (Å²) in [5.41, 5.74) is 5.61. The standard InChI is InChI=1S/C18H20N2O4/c1-2-23-11-12-24-16-10-6-9-15(13-16)18(22)20-19-17(21)14-7-4-3-5-8-14/h3-10,13H,2,11-12H2,1H3,(H,19,21)(H,20,22). The maximum atomic E-state index is 12.1. The van der Waals surface area contributed by atoms with Crippen LogP contribution in [0.2, 0.25) is 0 Å². The monoisotopic (exact) mass is 328 g/mol. The molecule has 0 aliphatic carbocycles. The van der Waals surface area contributed by atoms with E-state index in [4.69, 9.17) is 9.47 Å². The Labute approximate surface area is 140 Å². The van der Waals surface area contributed by atoms with E-state index in [1.807, 2.05) is 13.0 Å². The van der Waals surface area contributed by atoms with Crippen LogP contribution in [0.25, 0.3) is 0 Å². The van der Waals surface area contributed by atoms with Gasteiger partial charge in [0.25, 0.3) is 11.8 Å². The number of benzene rings is 2. The second-order valence-corrected chi connectivity index (χ2v) is 4.85. The van der Waals surface area contributed by atoms with Crippen molar-refractivity contribution in [3.05, 3.63) is 65.7 Å². The Morgan fingerprint density at radius 1 is 0.875 bits per heavy atom. The van der Waals surface area contributed by atoms with Crippen LogP contribution in [0.4, 0.5) is 0 Å². The van der Waals surface area contributed by atoms with Crippen LogP contribution in [0.15, 0.2) is 54.6 Å². The molecule has 0 saturated carbocycles. The molecular formula is C18H20N2O4. The lowest BCUT2D eigenvalue weighted by Crippen LogP contribution is -2.41. The molecule has 6 heteroatoms. The zero-order valence-electron chi connectivity index (χ0n) is 13.5. The number of hydrogen-bond donors (Lipinski definition) is 2. The van der Waals surface area contributed by atoms with Crippen molar-refractivity contribution in [2.75, 3.05) is 19.8 Å². The van der Waals surface area contributed by atoms with Gasteiger partial charge in [0.2, 0.25) is 0 Å². The third-order valence-corrected chi connectivity index (χ3v) is 3.12. The van der Waals surface area contributed by atoms with Gasteiger partial charge in [-0.3, -0.25) is 20.4 Å². The Kier molecular flexibility index (Phi) is 6.79. The van der Waals surface area contributed by atoms with Gasteiger partial charge in [0.15, 0.2) is 0 Å². The van der Waals surface area contributed by atoms with Crippen LogP contribution in [-0.4, -0.2) is 31.6 Å². The van der Waals surface area contributed by atoms with Gasteiger partial charge in [-0.25, -0.2) is 0 Å². The van der Waals surface area contributed by atoms with E-state index in [9.17, 15) is 9.59 Å². The molecule has 0 aliphatic heterocycles. The van der Waals surface area contributed by atoms with Gasteiger partial charge in [-0.1, -0.05) is 24.3 Å². The van der Waals surface area contributed by atoms with Gasteiger partial charge in [0, 0.05) is 17.7 Å². The average Bonchev–Trinajstić information content (AvgIpc) is 2.64. The van der Waals surface area contributed by atoms with Crippen molar-refractivity contribution >= 4 is 11.8 Å². The summed E-state index contributed by atoms with van der Waals surface area (Å²) >= 11 is 0. The van der Waals surface area contributed by atoms with Crippen LogP contribution in [0.3, 0.4) is 0 Å². The molecule has 0 unspecified atom stereocenters. The van der Waals surface area contributed by atoms with Crippen molar-refractivity contribution in [1.82, 2.24) is 10.9 Å². The predicted octanol–water partition coefficient (Wildman–Crippen LogP) is 2.18. The summed E-state index contributed by atoms with van der Waals surface area (Å²) in [6, 6.07) is 15.3. The first-order chi connectivity index (χ1) is 11.7. The number of carbonyl (C=O) groups excluding carboxylic acids is 2. The highest BCUT2D eigenvalue weighted by molar-refractivity contribution is 5.99. The quantitative estimate of drug-likeness (QED) is 0.603. The van der Waals surface area contributed by atoms with E-state index >= 15 is 0 Å². The van der Waals surface area contributed by atoms with E-state index in [1.54, 1.807) is 48.5 Å². The van der Waals surface area contributed by atoms with Crippen LogP contribution in [-0.2, 0) is 4.74 Å². The number of rotatable bonds is 7. The highest BCUT2D eigenvalue weighted by Gasteiger charge is 2.09. The van der Waals surface area contributed by atoms with E-state index < -0.39 is 5.91 Å². The largest absolute Gasteiger partial charge is 0.491 e. The molecule has 0 spiro atoms. The van der Waals surface area contributed by atoms with Crippen LogP contribution in [0.1, 0.15) is 27.6 Å². The highest BCUT2D eigenvalue weighted by Crippen LogP contribution is 2.13. The predicted molar refractivity (Wildman–Crippen MR) is 89.8 cm³/mol. The summed E-state index contributed by atoms with van der Waals surface area (Å²) in [6.07, 6.45) is 0. The molecule has 2 aromatic carbocycles. The molecule has 0 radical (unpaired) electrons. The van der Waals surface area contributed by atoms with Crippen molar-refractivity contribution in [1.29, 1.82) is 0 Å². The van der Waals surface area contributed by atoms with Gasteiger partial charge >= 0.3 is 0 Å². The zero-order chi connectivity index (χ0) is 17.2. The second kappa shape index (κ2) is 9.32. The molecule has 2 rings (SSSR count). The van der Waals surface area contributed by atoms with Crippen molar-refractivity contribution < 1.29 is 19.1 Å². The number of amides is 2. The molecular weight excluding hydrogens is 308 g/mol. The van der Waals surface area contributed by atoms with Crippen molar-refractivity contribution in [3.8, 4) is 5.75 Å². The van der Waals surface area contributed by atoms with E-state index in [0.29, 0.717) is 36.7 Å². The molecule has 2 N–H and O–H groups in total. The van der Waals surface area contributed by atoms with Gasteiger partial charge in [-0.05, 0) is 37.3 Å². The summed E-state index contributed by atoms with van der Waals surface area (Å²) in [6.45, 7) is 3.44. The minimum absolute atomic E-state index is 0.381. The van der Waals surface area contributed by atoms with Gasteiger partial charge in [0.1, 0.15) is 12.4 Å². The van der Waals surface area contributed by atoms with E-state index in [0.717, 1.165) is 0 Å². The SMILES string of the molecule is CCOCCOc1cccc(C(=O)NNC(=O)c2ccccc2)c1. The third kappa shape index (κ3) is 5.40.